The highest BCUT2D eigenvalue weighted by Gasteiger charge is 2.53. The number of unbranched alkanes of at least 4 members (excludes halogenated alkanes) is 1. The smallest absolute Gasteiger partial charge is 0.0237 e. The van der Waals surface area contributed by atoms with Crippen LogP contribution in [0.25, 0.3) is 0 Å². The lowest BCUT2D eigenvalue weighted by molar-refractivity contribution is 0.231. The normalized spacial score (nSPS) is 32.4. The summed E-state index contributed by atoms with van der Waals surface area (Å²) < 4.78 is 0. The van der Waals surface area contributed by atoms with E-state index in [9.17, 15) is 0 Å². The number of nitrogens with two attached hydrogens (primary N) is 1. The summed E-state index contributed by atoms with van der Waals surface area (Å²) in [5.41, 5.74) is 6.75. The van der Waals surface area contributed by atoms with Crippen LogP contribution in [0.2, 0.25) is 0 Å². The Bertz CT molecular complexity index is 198. The summed E-state index contributed by atoms with van der Waals surface area (Å²) in [6, 6.07) is 1.22. The third-order valence-corrected chi connectivity index (χ3v) is 4.23. The summed E-state index contributed by atoms with van der Waals surface area (Å²) >= 11 is 0. The second-order valence-electron chi connectivity index (χ2n) is 5.39. The van der Waals surface area contributed by atoms with Gasteiger partial charge < -0.3 is 5.73 Å². The Morgan fingerprint density at radius 1 is 1.50 bits per heavy atom. The van der Waals surface area contributed by atoms with Crippen LogP contribution in [0.1, 0.15) is 46.0 Å². The monoisotopic (exact) mass is 196 g/mol. The van der Waals surface area contributed by atoms with Crippen molar-refractivity contribution < 1.29 is 0 Å². The molecule has 1 spiro atoms. The van der Waals surface area contributed by atoms with Crippen LogP contribution in [0, 0.1) is 5.41 Å². The van der Waals surface area contributed by atoms with E-state index in [-0.39, 0.29) is 0 Å². The summed E-state index contributed by atoms with van der Waals surface area (Å²) in [5, 5.41) is 0. The molecule has 1 saturated carbocycles. The Morgan fingerprint density at radius 2 is 2.21 bits per heavy atom. The van der Waals surface area contributed by atoms with Crippen molar-refractivity contribution in [3.8, 4) is 0 Å². The van der Waals surface area contributed by atoms with E-state index in [1.807, 2.05) is 0 Å². The van der Waals surface area contributed by atoms with Crippen LogP contribution in [0.4, 0.5) is 0 Å². The molecule has 2 heteroatoms. The highest BCUT2D eigenvalue weighted by atomic mass is 15.2. The molecule has 1 unspecified atom stereocenters. The van der Waals surface area contributed by atoms with Gasteiger partial charge in [-0.25, -0.2) is 0 Å². The van der Waals surface area contributed by atoms with E-state index in [2.05, 4.69) is 18.7 Å². The van der Waals surface area contributed by atoms with Gasteiger partial charge in [0.1, 0.15) is 0 Å². The quantitative estimate of drug-likeness (QED) is 0.745. The van der Waals surface area contributed by atoms with Gasteiger partial charge in [0.25, 0.3) is 0 Å². The Kier molecular flexibility index (Phi) is 2.85. The molecule has 82 valence electrons. The maximum atomic E-state index is 6.19. The lowest BCUT2D eigenvalue weighted by Gasteiger charge is -2.24. The molecule has 2 nitrogen and oxygen atoms in total. The standard InChI is InChI=1S/C12H24N2/c1-3-4-5-10(2)14-8-11(13)12(9-14)6-7-12/h10-11H,3-9,13H2,1-2H3/t10?,11-/m0/s1. The Labute approximate surface area is 87.8 Å². The molecule has 0 radical (unpaired) electrons. The fourth-order valence-corrected chi connectivity index (χ4v) is 2.74. The molecule has 1 heterocycles. The van der Waals surface area contributed by atoms with E-state index in [0.717, 1.165) is 12.6 Å². The van der Waals surface area contributed by atoms with Crippen molar-refractivity contribution in [3.63, 3.8) is 0 Å². The topological polar surface area (TPSA) is 29.3 Å². The minimum atomic E-state index is 0.464. The van der Waals surface area contributed by atoms with Gasteiger partial charge >= 0.3 is 0 Å². The highest BCUT2D eigenvalue weighted by molar-refractivity contribution is 5.09. The van der Waals surface area contributed by atoms with Crippen LogP contribution >= 0.6 is 0 Å². The van der Waals surface area contributed by atoms with Gasteiger partial charge in [-0.05, 0) is 31.6 Å². The minimum Gasteiger partial charge on any atom is -0.326 e. The average Bonchev–Trinajstić information content (AvgIpc) is 2.86. The molecule has 0 bridgehead atoms. The molecule has 1 aliphatic carbocycles. The van der Waals surface area contributed by atoms with Gasteiger partial charge in [-0.15, -0.1) is 0 Å². The van der Waals surface area contributed by atoms with E-state index >= 15 is 0 Å². The second kappa shape index (κ2) is 3.82. The Balaban J connectivity index is 1.82. The molecule has 2 atom stereocenters. The summed E-state index contributed by atoms with van der Waals surface area (Å²) in [5.74, 6) is 0. The zero-order valence-electron chi connectivity index (χ0n) is 9.63. The molecule has 2 fully saturated rings. The van der Waals surface area contributed by atoms with Gasteiger partial charge in [0, 0.05) is 25.2 Å². The Morgan fingerprint density at radius 3 is 2.71 bits per heavy atom. The maximum absolute atomic E-state index is 6.19. The lowest BCUT2D eigenvalue weighted by Crippen LogP contribution is -2.33. The van der Waals surface area contributed by atoms with Crippen molar-refractivity contribution >= 4 is 0 Å². The minimum absolute atomic E-state index is 0.464. The Hall–Kier alpha value is -0.0800. The molecule has 0 aromatic carbocycles. The lowest BCUT2D eigenvalue weighted by atomic mass is 10.0. The third kappa shape index (κ3) is 1.82. The van der Waals surface area contributed by atoms with Crippen LogP contribution in [-0.2, 0) is 0 Å². The van der Waals surface area contributed by atoms with Gasteiger partial charge in [-0.2, -0.15) is 0 Å². The van der Waals surface area contributed by atoms with Gasteiger partial charge in [0.2, 0.25) is 0 Å². The summed E-state index contributed by atoms with van der Waals surface area (Å²) in [6.07, 6.45) is 6.78. The molecule has 2 N–H and O–H groups in total. The summed E-state index contributed by atoms with van der Waals surface area (Å²) in [4.78, 5) is 2.62. The van der Waals surface area contributed by atoms with Gasteiger partial charge in [-0.1, -0.05) is 19.8 Å². The highest BCUT2D eigenvalue weighted by Crippen LogP contribution is 2.52. The van der Waals surface area contributed by atoms with Gasteiger partial charge in [0.15, 0.2) is 0 Å². The first-order valence-electron chi connectivity index (χ1n) is 6.17. The molecule has 2 rings (SSSR count). The van der Waals surface area contributed by atoms with Crippen LogP contribution in [0.15, 0.2) is 0 Å². The molecular weight excluding hydrogens is 172 g/mol. The summed E-state index contributed by atoms with van der Waals surface area (Å²) in [7, 11) is 0. The predicted octanol–water partition coefficient (Wildman–Crippen LogP) is 1.99. The van der Waals surface area contributed by atoms with Crippen molar-refractivity contribution in [2.24, 2.45) is 11.1 Å². The van der Waals surface area contributed by atoms with Crippen LogP contribution in [0.3, 0.4) is 0 Å². The number of rotatable bonds is 4. The molecule has 1 aliphatic heterocycles. The fraction of sp³-hybridized carbons (Fsp3) is 1.00. The molecule has 14 heavy (non-hydrogen) atoms. The summed E-state index contributed by atoms with van der Waals surface area (Å²) in [6.45, 7) is 7.05. The average molecular weight is 196 g/mol. The first-order valence-corrected chi connectivity index (χ1v) is 6.17. The van der Waals surface area contributed by atoms with Gasteiger partial charge in [0.05, 0.1) is 0 Å². The molecule has 0 aromatic rings. The molecule has 1 saturated heterocycles. The van der Waals surface area contributed by atoms with E-state index in [0.29, 0.717) is 11.5 Å². The van der Waals surface area contributed by atoms with Crippen molar-refractivity contribution in [3.05, 3.63) is 0 Å². The fourth-order valence-electron chi connectivity index (χ4n) is 2.74. The zero-order chi connectivity index (χ0) is 10.2. The van der Waals surface area contributed by atoms with Crippen LogP contribution < -0.4 is 5.73 Å². The van der Waals surface area contributed by atoms with E-state index in [4.69, 9.17) is 5.73 Å². The predicted molar refractivity (Wildman–Crippen MR) is 60.2 cm³/mol. The number of hydrogen-bond donors (Lipinski definition) is 1. The third-order valence-electron chi connectivity index (χ3n) is 4.23. The number of hydrogen-bond acceptors (Lipinski definition) is 2. The van der Waals surface area contributed by atoms with Crippen LogP contribution in [-0.4, -0.2) is 30.1 Å². The molecule has 0 amide bonds. The molecule has 0 aromatic heterocycles. The maximum Gasteiger partial charge on any atom is 0.0237 e. The van der Waals surface area contributed by atoms with E-state index < -0.39 is 0 Å². The van der Waals surface area contributed by atoms with Crippen molar-refractivity contribution in [2.45, 2.75) is 58.0 Å². The first kappa shape index (κ1) is 10.4. The van der Waals surface area contributed by atoms with E-state index in [1.165, 1.54) is 38.6 Å². The number of nitrogens with zero attached hydrogens (tertiary/aromatic N) is 1. The van der Waals surface area contributed by atoms with Gasteiger partial charge in [-0.3, -0.25) is 4.90 Å². The van der Waals surface area contributed by atoms with Crippen molar-refractivity contribution in [1.29, 1.82) is 0 Å². The largest absolute Gasteiger partial charge is 0.326 e. The second-order valence-corrected chi connectivity index (χ2v) is 5.39. The van der Waals surface area contributed by atoms with Crippen molar-refractivity contribution in [1.82, 2.24) is 4.90 Å². The van der Waals surface area contributed by atoms with Crippen LogP contribution in [0.5, 0.6) is 0 Å². The first-order chi connectivity index (χ1) is 6.68. The van der Waals surface area contributed by atoms with Crippen molar-refractivity contribution in [2.75, 3.05) is 13.1 Å². The SMILES string of the molecule is CCCCC(C)N1C[C@H](N)C2(CC2)C1. The van der Waals surface area contributed by atoms with E-state index in [1.54, 1.807) is 0 Å². The molecule has 2 aliphatic rings. The zero-order valence-corrected chi connectivity index (χ0v) is 9.63. The number of likely N-dealkylation sites (tertiary alicyclic amines) is 1. The molecular formula is C12H24N2.